The number of aryl methyl sites for hydroxylation is 2. The molecule has 24 nitrogen and oxygen atoms in total. The Labute approximate surface area is 562 Å². The SMILES string of the molecule is Cc1cc(OCC(=O)Nc2ccc(S(=O)(=O)Nc3nccs3)cc2)c2cccc(C(F)(F)F)c2n1.Cc1cc(OCC(=O)Nc2ccc(S(=O)(=O)Nc3nccs3)cc2)c2cccc(Cl)c2n1.O=C(Nc1ccc(S(=O)(=O)Nc2nccs2)cc1)Nc1ccc2cccnc2c1. The fraction of sp³-hybridized carbons (Fsp3) is 0.0806. The molecule has 12 rings (SSSR count). The van der Waals surface area contributed by atoms with Crippen LogP contribution >= 0.6 is 45.6 Å². The third-order valence-corrected chi connectivity index (χ3v) is 19.8. The fourth-order valence-electron chi connectivity index (χ4n) is 8.72. The number of benzene rings is 6. The number of carbonyl (C=O) groups is 3. The minimum Gasteiger partial charge on any atom is -0.483 e. The van der Waals surface area contributed by atoms with E-state index in [2.05, 4.69) is 65.3 Å². The second kappa shape index (κ2) is 29.9. The van der Waals surface area contributed by atoms with Crippen molar-refractivity contribution in [2.75, 3.05) is 48.6 Å². The summed E-state index contributed by atoms with van der Waals surface area (Å²) in [5.41, 5.74) is 3.02. The first-order valence-corrected chi connectivity index (χ1v) is 35.2. The van der Waals surface area contributed by atoms with Gasteiger partial charge in [0, 0.05) is 103 Å². The number of anilines is 7. The highest BCUT2D eigenvalue weighted by Gasteiger charge is 2.34. The number of ether oxygens (including phenoxy) is 2. The Balaban J connectivity index is 0.000000157. The molecule has 0 radical (unpaired) electrons. The van der Waals surface area contributed by atoms with E-state index in [-0.39, 0.29) is 53.3 Å². The first kappa shape index (κ1) is 68.4. The zero-order valence-electron chi connectivity index (χ0n) is 49.5. The van der Waals surface area contributed by atoms with Crippen molar-refractivity contribution in [1.82, 2.24) is 29.9 Å². The molecule has 0 unspecified atom stereocenters. The van der Waals surface area contributed by atoms with Crippen molar-refractivity contribution in [3.63, 3.8) is 0 Å². The maximum absolute atomic E-state index is 13.3. The molecule has 0 spiro atoms. The number of thiazole rings is 3. The van der Waals surface area contributed by atoms with Gasteiger partial charge in [0.2, 0.25) is 0 Å². The first-order valence-electron chi connectivity index (χ1n) is 27.7. The molecule has 0 aliphatic heterocycles. The average Bonchev–Trinajstić information content (AvgIpc) is 0.896. The van der Waals surface area contributed by atoms with Crippen LogP contribution in [-0.4, -0.2) is 86.2 Å². The molecule has 34 heteroatoms. The molecule has 6 aromatic carbocycles. The topological polar surface area (TPSA) is 334 Å². The summed E-state index contributed by atoms with van der Waals surface area (Å²) < 4.78 is 133. The molecule has 6 heterocycles. The van der Waals surface area contributed by atoms with Crippen LogP contribution in [0.1, 0.15) is 17.0 Å². The van der Waals surface area contributed by atoms with E-state index >= 15 is 0 Å². The van der Waals surface area contributed by atoms with Crippen molar-refractivity contribution in [3.05, 3.63) is 215 Å². The zero-order chi connectivity index (χ0) is 68.2. The minimum absolute atomic E-state index is 0.0267. The molecule has 7 N–H and O–H groups in total. The zero-order valence-corrected chi connectivity index (χ0v) is 55.2. The summed E-state index contributed by atoms with van der Waals surface area (Å²) in [6, 6.07) is 37.9. The molecule has 0 bridgehead atoms. The van der Waals surface area contributed by atoms with Crippen molar-refractivity contribution in [2.24, 2.45) is 0 Å². The van der Waals surface area contributed by atoms with Crippen LogP contribution in [0.3, 0.4) is 0 Å². The van der Waals surface area contributed by atoms with Gasteiger partial charge in [-0.2, -0.15) is 13.2 Å². The van der Waals surface area contributed by atoms with E-state index in [0.29, 0.717) is 55.8 Å². The molecule has 0 atom stereocenters. The smallest absolute Gasteiger partial charge is 0.418 e. The number of urea groups is 1. The van der Waals surface area contributed by atoms with Gasteiger partial charge in [-0.3, -0.25) is 38.7 Å². The van der Waals surface area contributed by atoms with Gasteiger partial charge in [-0.1, -0.05) is 35.9 Å². The number of pyridine rings is 3. The first-order chi connectivity index (χ1) is 45.8. The van der Waals surface area contributed by atoms with Gasteiger partial charge in [0.05, 0.1) is 41.8 Å². The Morgan fingerprint density at radius 3 is 1.34 bits per heavy atom. The van der Waals surface area contributed by atoms with E-state index < -0.39 is 66.3 Å². The number of amides is 4. The number of halogens is 4. The Bertz CT molecular complexity index is 5130. The molecule has 96 heavy (non-hydrogen) atoms. The minimum atomic E-state index is -4.59. The van der Waals surface area contributed by atoms with Gasteiger partial charge >= 0.3 is 12.2 Å². The third kappa shape index (κ3) is 18.1. The number of sulfonamides is 3. The molecular weight excluding hydrogens is 1390 g/mol. The summed E-state index contributed by atoms with van der Waals surface area (Å²) in [4.78, 5) is 61.4. The molecule has 492 valence electrons. The highest BCUT2D eigenvalue weighted by molar-refractivity contribution is 7.93. The molecule has 0 aliphatic rings. The van der Waals surface area contributed by atoms with Crippen LogP contribution in [0.15, 0.2) is 207 Å². The Morgan fingerprint density at radius 1 is 0.479 bits per heavy atom. The maximum Gasteiger partial charge on any atom is 0.418 e. The molecule has 0 saturated carbocycles. The van der Waals surface area contributed by atoms with Gasteiger partial charge in [-0.15, -0.1) is 34.0 Å². The number of rotatable bonds is 19. The van der Waals surface area contributed by atoms with Crippen LogP contribution < -0.4 is 44.9 Å². The van der Waals surface area contributed by atoms with Crippen LogP contribution in [0.2, 0.25) is 5.02 Å². The van der Waals surface area contributed by atoms with Gasteiger partial charge in [-0.25, -0.2) is 45.0 Å². The van der Waals surface area contributed by atoms with E-state index in [9.17, 15) is 52.8 Å². The lowest BCUT2D eigenvalue weighted by atomic mass is 10.1. The van der Waals surface area contributed by atoms with Gasteiger partial charge in [0.25, 0.3) is 41.9 Å². The number of alkyl halides is 3. The lowest BCUT2D eigenvalue weighted by Gasteiger charge is -2.14. The summed E-state index contributed by atoms with van der Waals surface area (Å²) in [5, 5.41) is 18.7. The van der Waals surface area contributed by atoms with Crippen molar-refractivity contribution in [1.29, 1.82) is 0 Å². The Hall–Kier alpha value is -10.4. The van der Waals surface area contributed by atoms with E-state index in [4.69, 9.17) is 21.1 Å². The largest absolute Gasteiger partial charge is 0.483 e. The van der Waals surface area contributed by atoms with E-state index in [1.807, 2.05) is 31.2 Å². The van der Waals surface area contributed by atoms with Gasteiger partial charge < -0.3 is 30.7 Å². The normalized spacial score (nSPS) is 11.5. The maximum atomic E-state index is 13.3. The van der Waals surface area contributed by atoms with Gasteiger partial charge in [0.15, 0.2) is 28.6 Å². The van der Waals surface area contributed by atoms with Crippen molar-refractivity contribution < 1.29 is 62.3 Å². The molecule has 0 aliphatic carbocycles. The predicted molar refractivity (Wildman–Crippen MR) is 364 cm³/mol. The van der Waals surface area contributed by atoms with Crippen LogP contribution in [0.5, 0.6) is 11.5 Å². The summed E-state index contributed by atoms with van der Waals surface area (Å²) in [5.74, 6) is -0.398. The second-order valence-corrected chi connectivity index (χ2v) is 28.1. The Kier molecular flexibility index (Phi) is 21.3. The lowest BCUT2D eigenvalue weighted by molar-refractivity contribution is -0.136. The van der Waals surface area contributed by atoms with E-state index in [1.54, 1.807) is 52.7 Å². The van der Waals surface area contributed by atoms with Crippen LogP contribution in [0.4, 0.5) is 56.1 Å². The summed E-state index contributed by atoms with van der Waals surface area (Å²) in [6.07, 6.45) is 1.58. The van der Waals surface area contributed by atoms with Crippen molar-refractivity contribution in [2.45, 2.75) is 34.7 Å². The number of carbonyl (C=O) groups excluding carboxylic acids is 3. The number of hydrogen-bond acceptors (Lipinski definition) is 20. The average molecular weight is 1440 g/mol. The summed E-state index contributed by atoms with van der Waals surface area (Å²) in [6.45, 7) is 2.62. The molecule has 0 fully saturated rings. The lowest BCUT2D eigenvalue weighted by Crippen LogP contribution is -2.20. The van der Waals surface area contributed by atoms with E-state index in [1.165, 1.54) is 139 Å². The molecule has 0 saturated heterocycles. The number of aromatic nitrogens is 6. The summed E-state index contributed by atoms with van der Waals surface area (Å²) in [7, 11) is -11.3. The number of nitrogens with zero attached hydrogens (tertiary/aromatic N) is 6. The number of para-hydroxylation sites is 2. The second-order valence-electron chi connectivity index (χ2n) is 19.9. The van der Waals surface area contributed by atoms with Crippen molar-refractivity contribution >= 4 is 164 Å². The van der Waals surface area contributed by atoms with Crippen LogP contribution in [0.25, 0.3) is 32.7 Å². The van der Waals surface area contributed by atoms with Crippen molar-refractivity contribution in [3.8, 4) is 11.5 Å². The molecule has 6 aromatic heterocycles. The fourth-order valence-corrected chi connectivity index (χ4v) is 14.3. The number of hydrogen-bond donors (Lipinski definition) is 7. The molecular formula is C62H49ClF3N13O11S6. The highest BCUT2D eigenvalue weighted by atomic mass is 35.5. The quantitative estimate of drug-likeness (QED) is 0.0395. The number of fused-ring (bicyclic) bond motifs is 3. The monoisotopic (exact) mass is 1440 g/mol. The molecule has 4 amide bonds. The standard InChI is InChI=1S/C22H17F3N4O4S2.C21H17ClN4O4S2.C19H15N5O3S2/c1-13-11-18(16-3-2-4-17(20(16)27-13)22(23,24)25)33-12-19(30)28-14-5-7-15(8-6-14)35(31,32)29-21-26-9-10-34-21;1-13-11-18(16-3-2-4-17(22)20(16)24-13)30-12-19(27)25-14-5-7-15(8-6-14)32(28,29)26-21-23-9-10-31-21;25-18(23-15-4-3-13-2-1-9-20-17(13)12-15)22-14-5-7-16(8-6-14)29(26,27)24-19-21-10-11-28-19/h2-11H,12H2,1H3,(H,26,29)(H,28,30);2-11H,12H2,1H3,(H,23,26)(H,25,27);1-12H,(H,21,24)(H2,22,23,25). The number of nitrogens with one attached hydrogen (secondary N) is 7. The predicted octanol–water partition coefficient (Wildman–Crippen LogP) is 13.4. The van der Waals surface area contributed by atoms with Gasteiger partial charge in [0.1, 0.15) is 11.5 Å². The Morgan fingerprint density at radius 2 is 0.896 bits per heavy atom. The summed E-state index contributed by atoms with van der Waals surface area (Å²) >= 11 is 9.70. The van der Waals surface area contributed by atoms with Gasteiger partial charge in [-0.05, 0) is 129 Å². The molecule has 12 aromatic rings. The van der Waals surface area contributed by atoms with Crippen LogP contribution in [-0.2, 0) is 45.8 Å². The van der Waals surface area contributed by atoms with E-state index in [0.717, 1.165) is 28.3 Å². The highest BCUT2D eigenvalue weighted by Crippen LogP contribution is 2.37. The van der Waals surface area contributed by atoms with Crippen LogP contribution in [0, 0.1) is 13.8 Å². The third-order valence-electron chi connectivity index (χ3n) is 13.0.